The van der Waals surface area contributed by atoms with Gasteiger partial charge in [0.2, 0.25) is 0 Å². The van der Waals surface area contributed by atoms with Crippen LogP contribution in [0.1, 0.15) is 86.5 Å². The van der Waals surface area contributed by atoms with E-state index in [9.17, 15) is 4.79 Å². The Hall–Kier alpha value is -1.05. The van der Waals surface area contributed by atoms with Crippen LogP contribution in [0.5, 0.6) is 0 Å². The molecule has 4 rings (SSSR count). The van der Waals surface area contributed by atoms with Crippen LogP contribution in [0, 0.1) is 11.8 Å². The van der Waals surface area contributed by atoms with Crippen LogP contribution in [0.15, 0.2) is 6.07 Å². The molecule has 2 heteroatoms. The zero-order valence-corrected chi connectivity index (χ0v) is 12.9. The highest BCUT2D eigenvalue weighted by Crippen LogP contribution is 2.45. The molecule has 2 atom stereocenters. The smallest absolute Gasteiger partial charge is 0.182 e. The number of ketones is 1. The summed E-state index contributed by atoms with van der Waals surface area (Å²) in [7, 11) is 0. The van der Waals surface area contributed by atoms with Gasteiger partial charge in [0.1, 0.15) is 0 Å². The van der Waals surface area contributed by atoms with E-state index in [2.05, 4.69) is 24.9 Å². The van der Waals surface area contributed by atoms with Crippen molar-refractivity contribution in [2.45, 2.75) is 71.1 Å². The quantitative estimate of drug-likeness (QED) is 0.779. The number of carbonyl (C=O) groups excluding carboxylic acids is 1. The summed E-state index contributed by atoms with van der Waals surface area (Å²) in [5.74, 6) is 1.64. The van der Waals surface area contributed by atoms with E-state index in [1.54, 1.807) is 0 Å². The van der Waals surface area contributed by atoms with Gasteiger partial charge in [-0.1, -0.05) is 46.0 Å². The van der Waals surface area contributed by atoms with Crippen LogP contribution < -0.4 is 0 Å². The number of aromatic amines is 1. The molecule has 0 saturated heterocycles. The molecule has 0 saturated carbocycles. The lowest BCUT2D eigenvalue weighted by Crippen LogP contribution is -2.18. The molecule has 0 unspecified atom stereocenters. The third-order valence-corrected chi connectivity index (χ3v) is 5.21. The summed E-state index contributed by atoms with van der Waals surface area (Å²) < 4.78 is 0. The molecule has 2 heterocycles. The Labute approximate surface area is 122 Å². The number of aromatic nitrogens is 1. The molecule has 4 bridgehead atoms. The summed E-state index contributed by atoms with van der Waals surface area (Å²) in [4.78, 5) is 16.2. The molecule has 1 aromatic heterocycles. The monoisotopic (exact) mass is 273 g/mol. The van der Waals surface area contributed by atoms with Gasteiger partial charge < -0.3 is 4.98 Å². The van der Waals surface area contributed by atoms with Gasteiger partial charge in [-0.15, -0.1) is 0 Å². The molecule has 1 N–H and O–H groups in total. The first-order valence-electron chi connectivity index (χ1n) is 8.44. The van der Waals surface area contributed by atoms with E-state index < -0.39 is 0 Å². The van der Waals surface area contributed by atoms with E-state index >= 15 is 0 Å². The molecule has 0 radical (unpaired) electrons. The van der Waals surface area contributed by atoms with Crippen LogP contribution >= 0.6 is 0 Å². The highest BCUT2D eigenvalue weighted by atomic mass is 16.1. The maximum Gasteiger partial charge on any atom is 0.182 e. The second-order valence-electron chi connectivity index (χ2n) is 7.03. The minimum absolute atomic E-state index is 0.242. The minimum atomic E-state index is 0.242. The van der Waals surface area contributed by atoms with Crippen molar-refractivity contribution in [1.29, 1.82) is 0 Å². The summed E-state index contributed by atoms with van der Waals surface area (Å²) in [6.45, 7) is 4.54. The van der Waals surface area contributed by atoms with Crippen molar-refractivity contribution in [3.63, 3.8) is 0 Å². The summed E-state index contributed by atoms with van der Waals surface area (Å²) in [5, 5.41) is 0. The van der Waals surface area contributed by atoms with Crippen molar-refractivity contribution < 1.29 is 4.79 Å². The summed E-state index contributed by atoms with van der Waals surface area (Å²) >= 11 is 0. The Morgan fingerprint density at radius 1 is 1.10 bits per heavy atom. The number of hydrogen-bond donors (Lipinski definition) is 1. The molecule has 0 amide bonds. The first-order valence-corrected chi connectivity index (χ1v) is 8.44. The molecule has 1 aliphatic heterocycles. The number of aryl methyl sites for hydroxylation is 1. The molecule has 3 aliphatic rings. The van der Waals surface area contributed by atoms with E-state index in [0.29, 0.717) is 17.6 Å². The standard InChI is InChI=1S/C18H27NO/c1-12(2)16-14-10-8-6-4-3-5-7-9-13-11-15(16)17(19-13)18(14)20/h11-12,14,16,19H,3-10H2,1-2H3/t14-,16-/m1/s1. The van der Waals surface area contributed by atoms with Gasteiger partial charge in [0, 0.05) is 11.6 Å². The van der Waals surface area contributed by atoms with Crippen LogP contribution in [0.25, 0.3) is 0 Å². The van der Waals surface area contributed by atoms with E-state index in [-0.39, 0.29) is 5.92 Å². The van der Waals surface area contributed by atoms with Crippen LogP contribution in [-0.2, 0) is 6.42 Å². The maximum atomic E-state index is 12.7. The lowest BCUT2D eigenvalue weighted by molar-refractivity contribution is 0.0897. The third kappa shape index (κ3) is 2.45. The Morgan fingerprint density at radius 2 is 1.80 bits per heavy atom. The molecule has 1 aromatic rings. The lowest BCUT2D eigenvalue weighted by Gasteiger charge is -2.22. The summed E-state index contributed by atoms with van der Waals surface area (Å²) in [6, 6.07) is 2.30. The molecule has 20 heavy (non-hydrogen) atoms. The second kappa shape index (κ2) is 5.75. The van der Waals surface area contributed by atoms with Gasteiger partial charge >= 0.3 is 0 Å². The van der Waals surface area contributed by atoms with Gasteiger partial charge in [0.05, 0.1) is 5.69 Å². The van der Waals surface area contributed by atoms with Crippen molar-refractivity contribution in [2.24, 2.45) is 11.8 Å². The number of Topliss-reactive ketones (excluding diaryl/α,β-unsaturated/α-hetero) is 1. The van der Waals surface area contributed by atoms with Crippen molar-refractivity contribution in [1.82, 2.24) is 4.98 Å². The van der Waals surface area contributed by atoms with Crippen LogP contribution in [-0.4, -0.2) is 10.8 Å². The Morgan fingerprint density at radius 3 is 2.55 bits per heavy atom. The van der Waals surface area contributed by atoms with Crippen molar-refractivity contribution in [2.75, 3.05) is 0 Å². The minimum Gasteiger partial charge on any atom is -0.356 e. The topological polar surface area (TPSA) is 32.9 Å². The highest BCUT2D eigenvalue weighted by Gasteiger charge is 2.42. The van der Waals surface area contributed by atoms with Gasteiger partial charge in [0.25, 0.3) is 0 Å². The van der Waals surface area contributed by atoms with Crippen molar-refractivity contribution >= 4 is 5.78 Å². The van der Waals surface area contributed by atoms with E-state index in [1.165, 1.54) is 49.8 Å². The Kier molecular flexibility index (Phi) is 4.00. The largest absolute Gasteiger partial charge is 0.356 e. The zero-order chi connectivity index (χ0) is 14.1. The van der Waals surface area contributed by atoms with Crippen molar-refractivity contribution in [3.8, 4) is 0 Å². The lowest BCUT2D eigenvalue weighted by atomic mass is 9.80. The van der Waals surface area contributed by atoms with Crippen LogP contribution in [0.4, 0.5) is 0 Å². The molecular weight excluding hydrogens is 246 g/mol. The predicted octanol–water partition coefficient (Wildman–Crippen LogP) is 4.85. The van der Waals surface area contributed by atoms with E-state index in [0.717, 1.165) is 18.5 Å². The normalized spacial score (nSPS) is 27.4. The summed E-state index contributed by atoms with van der Waals surface area (Å²) in [5.41, 5.74) is 3.55. The number of fused-ring (bicyclic) bond motifs is 7. The Bertz CT molecular complexity index is 486. The average molecular weight is 273 g/mol. The molecule has 0 fully saturated rings. The number of nitrogens with one attached hydrogen (secondary N) is 1. The van der Waals surface area contributed by atoms with Gasteiger partial charge in [0.15, 0.2) is 5.78 Å². The van der Waals surface area contributed by atoms with E-state index in [1.807, 2.05) is 0 Å². The van der Waals surface area contributed by atoms with Gasteiger partial charge in [-0.3, -0.25) is 4.79 Å². The SMILES string of the molecule is CC(C)[C@H]1c2cc3[nH]c2C(=O)[C@@H]1CCCCCCCC3. The number of H-pyrrole nitrogens is 1. The summed E-state index contributed by atoms with van der Waals surface area (Å²) in [6.07, 6.45) is 9.98. The maximum absolute atomic E-state index is 12.7. The van der Waals surface area contributed by atoms with Gasteiger partial charge in [-0.2, -0.15) is 0 Å². The Balaban J connectivity index is 1.93. The zero-order valence-electron chi connectivity index (χ0n) is 12.9. The number of carbonyl (C=O) groups is 1. The van der Waals surface area contributed by atoms with Crippen LogP contribution in [0.3, 0.4) is 0 Å². The fraction of sp³-hybridized carbons (Fsp3) is 0.722. The second-order valence-corrected chi connectivity index (χ2v) is 7.03. The first kappa shape index (κ1) is 13.9. The molecular formula is C18H27NO. The first-order chi connectivity index (χ1) is 9.68. The predicted molar refractivity (Wildman–Crippen MR) is 82.2 cm³/mol. The van der Waals surface area contributed by atoms with Crippen molar-refractivity contribution in [3.05, 3.63) is 23.0 Å². The molecule has 0 spiro atoms. The van der Waals surface area contributed by atoms with E-state index in [4.69, 9.17) is 0 Å². The molecule has 2 aliphatic carbocycles. The molecule has 110 valence electrons. The van der Waals surface area contributed by atoms with Gasteiger partial charge in [-0.25, -0.2) is 0 Å². The average Bonchev–Trinajstić information content (AvgIpc) is 2.92. The molecule has 2 nitrogen and oxygen atoms in total. The molecule has 0 aromatic carbocycles. The number of rotatable bonds is 1. The fourth-order valence-electron chi connectivity index (χ4n) is 4.22. The number of hydrogen-bond acceptors (Lipinski definition) is 1. The highest BCUT2D eigenvalue weighted by molar-refractivity contribution is 6.01. The third-order valence-electron chi connectivity index (χ3n) is 5.21. The fourth-order valence-corrected chi connectivity index (χ4v) is 4.22. The van der Waals surface area contributed by atoms with Crippen LogP contribution in [0.2, 0.25) is 0 Å². The van der Waals surface area contributed by atoms with Gasteiger partial charge in [-0.05, 0) is 42.7 Å².